The molecule has 57 heavy (non-hydrogen) atoms. The summed E-state index contributed by atoms with van der Waals surface area (Å²) in [5, 5.41) is 9.42. The number of esters is 4. The number of benzene rings is 1. The van der Waals surface area contributed by atoms with Gasteiger partial charge in [0.15, 0.2) is 6.10 Å². The third kappa shape index (κ3) is 28.6. The predicted molar refractivity (Wildman–Crippen MR) is 229 cm³/mol. The minimum Gasteiger partial charge on any atom is -0.462 e. The number of unbranched alkanes of at least 4 members (excludes halogenated alkanes) is 14. The van der Waals surface area contributed by atoms with Gasteiger partial charge >= 0.3 is 23.9 Å². The number of aliphatic hydroxyl groups excluding tert-OH is 1. The maximum Gasteiger partial charge on any atom is 0.311 e. The molecule has 0 heterocycles. The Kier molecular flexibility index (Phi) is 31.3. The summed E-state index contributed by atoms with van der Waals surface area (Å²) in [6, 6.07) is 3.60. The highest BCUT2D eigenvalue weighted by Gasteiger charge is 2.21. The molecule has 9 nitrogen and oxygen atoms in total. The number of carbonyl (C=O) groups excluding carboxylic acids is 4. The van der Waals surface area contributed by atoms with E-state index in [0.29, 0.717) is 31.4 Å². The van der Waals surface area contributed by atoms with E-state index in [9.17, 15) is 24.3 Å². The number of carbonyl (C=O) groups is 4. The van der Waals surface area contributed by atoms with Crippen molar-refractivity contribution in [2.75, 3.05) is 13.2 Å². The normalized spacial score (nSPS) is 12.1. The predicted octanol–water partition coefficient (Wildman–Crippen LogP) is 11.9. The highest BCUT2D eigenvalue weighted by Crippen LogP contribution is 2.26. The minimum absolute atomic E-state index is 0.0717. The molecule has 0 aliphatic heterocycles. The lowest BCUT2D eigenvalue weighted by molar-refractivity contribution is -0.167. The van der Waals surface area contributed by atoms with Crippen molar-refractivity contribution in [3.63, 3.8) is 0 Å². The standard InChI is InChI=1S/C48H78O9/c1-6-8-10-12-14-16-18-20-22-24-26-30-44(50)54-37-43(38-55-45(51)31-27-25-23-21-19-17-15-13-11-9-7-2)56-47(53)33-39(3)29-28-32-46(52)57-48-40(4)34-42(36-49)35-41(48)5/h12-15,34-35,39,43,49H,6-11,16-33,36-38H2,1-5H3/b14-12-,15-13-. The Morgan fingerprint density at radius 3 is 1.51 bits per heavy atom. The van der Waals surface area contributed by atoms with Gasteiger partial charge in [0.05, 0.1) is 6.61 Å². The van der Waals surface area contributed by atoms with Crippen molar-refractivity contribution in [3.8, 4) is 5.75 Å². The third-order valence-electron chi connectivity index (χ3n) is 9.96. The molecule has 1 aromatic carbocycles. The van der Waals surface area contributed by atoms with Crippen LogP contribution in [0, 0.1) is 19.8 Å². The number of ether oxygens (including phenoxy) is 4. The van der Waals surface area contributed by atoms with Crippen molar-refractivity contribution >= 4 is 23.9 Å². The van der Waals surface area contributed by atoms with Gasteiger partial charge in [-0.3, -0.25) is 19.2 Å². The van der Waals surface area contributed by atoms with Crippen LogP contribution in [0.25, 0.3) is 0 Å². The van der Waals surface area contributed by atoms with Crippen LogP contribution in [0.5, 0.6) is 5.75 Å². The summed E-state index contributed by atoms with van der Waals surface area (Å²) in [5.41, 5.74) is 2.34. The smallest absolute Gasteiger partial charge is 0.311 e. The average molecular weight is 799 g/mol. The highest BCUT2D eigenvalue weighted by atomic mass is 16.6. The van der Waals surface area contributed by atoms with E-state index in [2.05, 4.69) is 38.2 Å². The van der Waals surface area contributed by atoms with Crippen LogP contribution < -0.4 is 4.74 Å². The maximum absolute atomic E-state index is 13.0. The first kappa shape index (κ1) is 51.6. The van der Waals surface area contributed by atoms with Crippen molar-refractivity contribution in [2.24, 2.45) is 5.92 Å². The second-order valence-corrected chi connectivity index (χ2v) is 15.7. The molecule has 0 aromatic heterocycles. The zero-order valence-electron chi connectivity index (χ0n) is 36.4. The van der Waals surface area contributed by atoms with Crippen molar-refractivity contribution in [3.05, 3.63) is 53.1 Å². The van der Waals surface area contributed by atoms with Crippen molar-refractivity contribution in [1.82, 2.24) is 0 Å². The zero-order valence-corrected chi connectivity index (χ0v) is 36.4. The zero-order chi connectivity index (χ0) is 41.9. The number of hydrogen-bond acceptors (Lipinski definition) is 9. The van der Waals surface area contributed by atoms with Crippen LogP contribution in [-0.2, 0) is 40.0 Å². The Morgan fingerprint density at radius 2 is 1.04 bits per heavy atom. The second-order valence-electron chi connectivity index (χ2n) is 15.7. The molecule has 0 amide bonds. The first-order valence-corrected chi connectivity index (χ1v) is 22.3. The molecular weight excluding hydrogens is 721 g/mol. The van der Waals surface area contributed by atoms with Crippen LogP contribution in [-0.4, -0.2) is 48.3 Å². The van der Waals surface area contributed by atoms with Crippen LogP contribution in [0.15, 0.2) is 36.4 Å². The summed E-state index contributed by atoms with van der Waals surface area (Å²) in [4.78, 5) is 50.7. The largest absolute Gasteiger partial charge is 0.462 e. The van der Waals surface area contributed by atoms with Crippen molar-refractivity contribution in [2.45, 2.75) is 201 Å². The molecule has 0 aliphatic rings. The van der Waals surface area contributed by atoms with Gasteiger partial charge in [0.2, 0.25) is 0 Å². The molecular formula is C48H78O9. The molecule has 0 spiro atoms. The van der Waals surface area contributed by atoms with Crippen LogP contribution >= 0.6 is 0 Å². The molecule has 1 rings (SSSR count). The lowest BCUT2D eigenvalue weighted by atomic mass is 10.0. The third-order valence-corrected chi connectivity index (χ3v) is 9.96. The lowest BCUT2D eigenvalue weighted by Crippen LogP contribution is -2.31. The fourth-order valence-electron chi connectivity index (χ4n) is 6.54. The molecule has 0 bridgehead atoms. The fraction of sp³-hybridized carbons (Fsp3) is 0.708. The van der Waals surface area contributed by atoms with Gasteiger partial charge in [0.1, 0.15) is 19.0 Å². The Bertz CT molecular complexity index is 1230. The van der Waals surface area contributed by atoms with E-state index in [-0.39, 0.29) is 56.5 Å². The van der Waals surface area contributed by atoms with Gasteiger partial charge < -0.3 is 24.1 Å². The fourth-order valence-corrected chi connectivity index (χ4v) is 6.54. The van der Waals surface area contributed by atoms with Crippen LogP contribution in [0.4, 0.5) is 0 Å². The number of aryl methyl sites for hydroxylation is 2. The first-order chi connectivity index (χ1) is 27.6. The SMILES string of the molecule is CCCC/C=C\CCCCCCCC(=O)OCC(COC(=O)CCCCCCC/C=C\CCCC)OC(=O)CC(C)CCCC(=O)Oc1c(C)cc(CO)cc1C. The van der Waals surface area contributed by atoms with E-state index in [4.69, 9.17) is 18.9 Å². The molecule has 324 valence electrons. The minimum atomic E-state index is -0.896. The van der Waals surface area contributed by atoms with Gasteiger partial charge in [-0.05, 0) is 101 Å². The topological polar surface area (TPSA) is 125 Å². The van der Waals surface area contributed by atoms with Gasteiger partial charge in [0, 0.05) is 25.7 Å². The molecule has 0 saturated heterocycles. The van der Waals surface area contributed by atoms with Gasteiger partial charge in [-0.2, -0.15) is 0 Å². The average Bonchev–Trinajstić information content (AvgIpc) is 3.18. The van der Waals surface area contributed by atoms with Crippen LogP contribution in [0.1, 0.15) is 192 Å². The monoisotopic (exact) mass is 799 g/mol. The highest BCUT2D eigenvalue weighted by molar-refractivity contribution is 5.73. The molecule has 0 radical (unpaired) electrons. The number of allylic oxidation sites excluding steroid dienone is 4. The molecule has 1 N–H and O–H groups in total. The van der Waals surface area contributed by atoms with Gasteiger partial charge in [-0.25, -0.2) is 0 Å². The van der Waals surface area contributed by atoms with E-state index in [1.54, 1.807) is 12.1 Å². The summed E-state index contributed by atoms with van der Waals surface area (Å²) in [6.45, 7) is 9.57. The Morgan fingerprint density at radius 1 is 0.596 bits per heavy atom. The molecule has 9 heteroatoms. The molecule has 0 fully saturated rings. The number of aliphatic hydroxyl groups is 1. The first-order valence-electron chi connectivity index (χ1n) is 22.3. The molecule has 1 aromatic rings. The molecule has 1 atom stereocenters. The number of hydrogen-bond donors (Lipinski definition) is 1. The van der Waals surface area contributed by atoms with E-state index >= 15 is 0 Å². The quantitative estimate of drug-likeness (QED) is 0.0235. The summed E-state index contributed by atoms with van der Waals surface area (Å²) in [6.07, 6.45) is 29.7. The Balaban J connectivity index is 2.51. The molecule has 1 unspecified atom stereocenters. The van der Waals surface area contributed by atoms with Crippen LogP contribution in [0.2, 0.25) is 0 Å². The lowest BCUT2D eigenvalue weighted by Gasteiger charge is -2.19. The summed E-state index contributed by atoms with van der Waals surface area (Å²) >= 11 is 0. The van der Waals surface area contributed by atoms with Gasteiger partial charge in [-0.1, -0.05) is 121 Å². The summed E-state index contributed by atoms with van der Waals surface area (Å²) < 4.78 is 22.3. The van der Waals surface area contributed by atoms with E-state index in [1.807, 2.05) is 20.8 Å². The van der Waals surface area contributed by atoms with Gasteiger partial charge in [-0.15, -0.1) is 0 Å². The molecule has 0 saturated carbocycles. The molecule has 0 aliphatic carbocycles. The van der Waals surface area contributed by atoms with Gasteiger partial charge in [0.25, 0.3) is 0 Å². The maximum atomic E-state index is 13.0. The Hall–Kier alpha value is -3.46. The van der Waals surface area contributed by atoms with E-state index < -0.39 is 12.1 Å². The summed E-state index contributed by atoms with van der Waals surface area (Å²) in [7, 11) is 0. The second kappa shape index (κ2) is 34.6. The van der Waals surface area contributed by atoms with Crippen molar-refractivity contribution in [1.29, 1.82) is 0 Å². The summed E-state index contributed by atoms with van der Waals surface area (Å²) in [5.74, 6) is -1.10. The number of rotatable bonds is 35. The van der Waals surface area contributed by atoms with E-state index in [1.165, 1.54) is 25.7 Å². The van der Waals surface area contributed by atoms with E-state index in [0.717, 1.165) is 107 Å². The Labute approximate surface area is 345 Å². The van der Waals surface area contributed by atoms with Crippen LogP contribution in [0.3, 0.4) is 0 Å². The van der Waals surface area contributed by atoms with Crippen molar-refractivity contribution < 1.29 is 43.2 Å².